The van der Waals surface area contributed by atoms with Crippen LogP contribution >= 0.6 is 27.3 Å². The molecule has 80 valence electrons. The number of nitrogens with one attached hydrogen (secondary N) is 1. The number of hydrogen-bond donors (Lipinski definition) is 1. The molecule has 0 aliphatic heterocycles. The van der Waals surface area contributed by atoms with E-state index in [1.165, 1.54) is 9.35 Å². The van der Waals surface area contributed by atoms with Crippen LogP contribution in [0.4, 0.5) is 0 Å². The van der Waals surface area contributed by atoms with E-state index in [2.05, 4.69) is 51.6 Å². The molecule has 0 amide bonds. The first kappa shape index (κ1) is 12.2. The van der Waals surface area contributed by atoms with Crippen LogP contribution in [0.15, 0.2) is 15.2 Å². The van der Waals surface area contributed by atoms with Gasteiger partial charge in [0.05, 0.1) is 3.79 Å². The minimum atomic E-state index is 0.568. The standard InChI is InChI=1S/C10H17BrN2S/c1-8(5-12-2)13(3)6-9-4-10(11)14-7-9/h4,7-8,12H,5-6H2,1-3H3. The third-order valence-corrected chi connectivity index (χ3v) is 3.86. The van der Waals surface area contributed by atoms with Crippen LogP contribution in [-0.4, -0.2) is 31.6 Å². The number of nitrogens with zero attached hydrogens (tertiary/aromatic N) is 1. The third kappa shape index (κ3) is 3.69. The summed E-state index contributed by atoms with van der Waals surface area (Å²) in [6, 6.07) is 2.76. The molecule has 0 fully saturated rings. The molecule has 0 aliphatic rings. The first-order valence-electron chi connectivity index (χ1n) is 4.71. The van der Waals surface area contributed by atoms with Gasteiger partial charge >= 0.3 is 0 Å². The normalized spacial score (nSPS) is 13.5. The average molecular weight is 277 g/mol. The van der Waals surface area contributed by atoms with Gasteiger partial charge in [0.1, 0.15) is 0 Å². The van der Waals surface area contributed by atoms with Gasteiger partial charge in [-0.05, 0) is 54.0 Å². The van der Waals surface area contributed by atoms with Gasteiger partial charge in [-0.3, -0.25) is 4.90 Å². The minimum absolute atomic E-state index is 0.568. The zero-order chi connectivity index (χ0) is 10.6. The average Bonchev–Trinajstić information content (AvgIpc) is 2.51. The van der Waals surface area contributed by atoms with Crippen molar-refractivity contribution in [1.29, 1.82) is 0 Å². The van der Waals surface area contributed by atoms with E-state index in [0.29, 0.717) is 6.04 Å². The predicted octanol–water partition coefficient (Wildman–Crippen LogP) is 2.55. The van der Waals surface area contributed by atoms with Gasteiger partial charge in [0.2, 0.25) is 0 Å². The Morgan fingerprint density at radius 3 is 2.86 bits per heavy atom. The van der Waals surface area contributed by atoms with Crippen LogP contribution in [-0.2, 0) is 6.54 Å². The Kier molecular flexibility index (Phi) is 5.09. The lowest BCUT2D eigenvalue weighted by Gasteiger charge is -2.23. The zero-order valence-electron chi connectivity index (χ0n) is 8.88. The van der Waals surface area contributed by atoms with E-state index in [-0.39, 0.29) is 0 Å². The SMILES string of the molecule is CNCC(C)N(C)Cc1csc(Br)c1. The van der Waals surface area contributed by atoms with Crippen molar-refractivity contribution in [2.75, 3.05) is 20.6 Å². The van der Waals surface area contributed by atoms with E-state index in [1.54, 1.807) is 11.3 Å². The molecule has 0 bridgehead atoms. The Labute approximate surface area is 98.4 Å². The zero-order valence-corrected chi connectivity index (χ0v) is 11.3. The van der Waals surface area contributed by atoms with E-state index in [1.807, 2.05) is 7.05 Å². The molecule has 0 saturated carbocycles. The van der Waals surface area contributed by atoms with Gasteiger partial charge in [-0.1, -0.05) is 0 Å². The Bertz CT molecular complexity index is 275. The summed E-state index contributed by atoms with van der Waals surface area (Å²) in [4.78, 5) is 2.35. The van der Waals surface area contributed by atoms with Crippen molar-refractivity contribution in [2.24, 2.45) is 0 Å². The summed E-state index contributed by atoms with van der Waals surface area (Å²) in [6.07, 6.45) is 0. The smallest absolute Gasteiger partial charge is 0.0701 e. The van der Waals surface area contributed by atoms with Crippen LogP contribution in [0.5, 0.6) is 0 Å². The van der Waals surface area contributed by atoms with E-state index < -0.39 is 0 Å². The van der Waals surface area contributed by atoms with Crippen molar-refractivity contribution in [3.63, 3.8) is 0 Å². The summed E-state index contributed by atoms with van der Waals surface area (Å²) < 4.78 is 1.21. The number of thiophene rings is 1. The molecule has 1 unspecified atom stereocenters. The number of likely N-dealkylation sites (N-methyl/N-ethyl adjacent to an activating group) is 2. The molecule has 1 aromatic heterocycles. The lowest BCUT2D eigenvalue weighted by molar-refractivity contribution is 0.246. The molecule has 4 heteroatoms. The summed E-state index contributed by atoms with van der Waals surface area (Å²) in [5, 5.41) is 5.39. The maximum atomic E-state index is 3.48. The van der Waals surface area contributed by atoms with E-state index in [0.717, 1.165) is 13.1 Å². The summed E-state index contributed by atoms with van der Waals surface area (Å²) in [7, 11) is 4.15. The van der Waals surface area contributed by atoms with Crippen molar-refractivity contribution in [2.45, 2.75) is 19.5 Å². The molecular weight excluding hydrogens is 260 g/mol. The highest BCUT2D eigenvalue weighted by Gasteiger charge is 2.09. The van der Waals surface area contributed by atoms with Gasteiger partial charge in [0.25, 0.3) is 0 Å². The fourth-order valence-electron chi connectivity index (χ4n) is 1.32. The predicted molar refractivity (Wildman–Crippen MR) is 66.9 cm³/mol. The molecule has 0 aromatic carbocycles. The van der Waals surface area contributed by atoms with Crippen molar-refractivity contribution >= 4 is 27.3 Å². The lowest BCUT2D eigenvalue weighted by atomic mass is 10.2. The van der Waals surface area contributed by atoms with E-state index in [4.69, 9.17) is 0 Å². The van der Waals surface area contributed by atoms with Crippen LogP contribution in [0.2, 0.25) is 0 Å². The molecule has 2 nitrogen and oxygen atoms in total. The Balaban J connectivity index is 2.43. The Morgan fingerprint density at radius 1 is 1.64 bits per heavy atom. The summed E-state index contributed by atoms with van der Waals surface area (Å²) >= 11 is 5.22. The monoisotopic (exact) mass is 276 g/mol. The summed E-state index contributed by atoms with van der Waals surface area (Å²) in [5.41, 5.74) is 1.38. The highest BCUT2D eigenvalue weighted by Crippen LogP contribution is 2.21. The fraction of sp³-hybridized carbons (Fsp3) is 0.600. The molecule has 1 aromatic rings. The quantitative estimate of drug-likeness (QED) is 0.889. The topological polar surface area (TPSA) is 15.3 Å². The van der Waals surface area contributed by atoms with Gasteiger partial charge in [-0.25, -0.2) is 0 Å². The van der Waals surface area contributed by atoms with Gasteiger partial charge in [-0.15, -0.1) is 11.3 Å². The second-order valence-corrected chi connectivity index (χ2v) is 5.87. The van der Waals surface area contributed by atoms with Crippen LogP contribution in [0.25, 0.3) is 0 Å². The number of halogens is 1. The molecular formula is C10H17BrN2S. The first-order valence-corrected chi connectivity index (χ1v) is 6.38. The van der Waals surface area contributed by atoms with Crippen molar-refractivity contribution in [3.8, 4) is 0 Å². The largest absolute Gasteiger partial charge is 0.318 e. The molecule has 0 radical (unpaired) electrons. The summed E-state index contributed by atoms with van der Waals surface area (Å²) in [6.45, 7) is 4.28. The number of hydrogen-bond acceptors (Lipinski definition) is 3. The number of rotatable bonds is 5. The third-order valence-electron chi connectivity index (χ3n) is 2.31. The molecule has 1 rings (SSSR count). The van der Waals surface area contributed by atoms with Crippen LogP contribution in [0.1, 0.15) is 12.5 Å². The van der Waals surface area contributed by atoms with Gasteiger partial charge in [0, 0.05) is 19.1 Å². The minimum Gasteiger partial charge on any atom is -0.318 e. The Morgan fingerprint density at radius 2 is 2.36 bits per heavy atom. The molecule has 14 heavy (non-hydrogen) atoms. The van der Waals surface area contributed by atoms with E-state index in [9.17, 15) is 0 Å². The van der Waals surface area contributed by atoms with Crippen LogP contribution in [0, 0.1) is 0 Å². The maximum Gasteiger partial charge on any atom is 0.0701 e. The van der Waals surface area contributed by atoms with Crippen LogP contribution in [0.3, 0.4) is 0 Å². The van der Waals surface area contributed by atoms with Gasteiger partial charge in [-0.2, -0.15) is 0 Å². The maximum absolute atomic E-state index is 3.48. The molecule has 1 atom stereocenters. The highest BCUT2D eigenvalue weighted by atomic mass is 79.9. The van der Waals surface area contributed by atoms with Crippen LogP contribution < -0.4 is 5.32 Å². The second kappa shape index (κ2) is 5.85. The molecule has 0 saturated heterocycles. The van der Waals surface area contributed by atoms with Crippen molar-refractivity contribution in [1.82, 2.24) is 10.2 Å². The molecule has 0 aliphatic carbocycles. The van der Waals surface area contributed by atoms with E-state index >= 15 is 0 Å². The van der Waals surface area contributed by atoms with Crippen molar-refractivity contribution in [3.05, 3.63) is 20.8 Å². The molecule has 1 N–H and O–H groups in total. The highest BCUT2D eigenvalue weighted by molar-refractivity contribution is 9.11. The summed E-state index contributed by atoms with van der Waals surface area (Å²) in [5.74, 6) is 0. The molecule has 0 spiro atoms. The lowest BCUT2D eigenvalue weighted by Crippen LogP contribution is -2.36. The Hall–Kier alpha value is 0.100. The second-order valence-electron chi connectivity index (χ2n) is 3.58. The van der Waals surface area contributed by atoms with Crippen molar-refractivity contribution < 1.29 is 0 Å². The molecule has 1 heterocycles. The first-order chi connectivity index (χ1) is 6.63. The van der Waals surface area contributed by atoms with Gasteiger partial charge < -0.3 is 5.32 Å². The fourth-order valence-corrected chi connectivity index (χ4v) is 2.52. The van der Waals surface area contributed by atoms with Gasteiger partial charge in [0.15, 0.2) is 0 Å².